The van der Waals surface area contributed by atoms with Gasteiger partial charge in [-0.05, 0) is 30.3 Å². The zero-order chi connectivity index (χ0) is 17.1. The predicted octanol–water partition coefficient (Wildman–Crippen LogP) is 4.85. The molecule has 4 aromatic rings. The fraction of sp³-hybridized carbons (Fsp3) is 0.143. The van der Waals surface area contributed by atoms with Gasteiger partial charge in [0.05, 0.1) is 11.6 Å². The quantitative estimate of drug-likeness (QED) is 0.489. The fourth-order valence-corrected chi connectivity index (χ4v) is 3.76. The van der Waals surface area contributed by atoms with E-state index in [9.17, 15) is 5.11 Å². The highest BCUT2D eigenvalue weighted by Gasteiger charge is 2.11. The summed E-state index contributed by atoms with van der Waals surface area (Å²) in [6, 6.07) is 24.3. The van der Waals surface area contributed by atoms with Crippen molar-refractivity contribution in [2.24, 2.45) is 0 Å². The van der Waals surface area contributed by atoms with Crippen molar-refractivity contribution in [2.45, 2.75) is 11.0 Å². The molecular weight excluding hydrogens is 330 g/mol. The molecule has 1 atom stereocenters. The first-order chi connectivity index (χ1) is 12.3. The van der Waals surface area contributed by atoms with Gasteiger partial charge in [0.1, 0.15) is 12.4 Å². The second-order valence-corrected chi connectivity index (χ2v) is 7.03. The van der Waals surface area contributed by atoms with Gasteiger partial charge in [0.2, 0.25) is 0 Å². The SMILES string of the molecule is OC(COc1cccc2[nH]c3ccccc3c12)CSc1ccccc1. The van der Waals surface area contributed by atoms with Gasteiger partial charge in [-0.25, -0.2) is 0 Å². The van der Waals surface area contributed by atoms with Crippen LogP contribution in [0, 0.1) is 0 Å². The molecule has 25 heavy (non-hydrogen) atoms. The molecule has 1 unspecified atom stereocenters. The fourth-order valence-electron chi connectivity index (χ4n) is 2.93. The Morgan fingerprint density at radius 2 is 1.64 bits per heavy atom. The van der Waals surface area contributed by atoms with Gasteiger partial charge >= 0.3 is 0 Å². The number of ether oxygens (including phenoxy) is 1. The lowest BCUT2D eigenvalue weighted by Gasteiger charge is -2.13. The summed E-state index contributed by atoms with van der Waals surface area (Å²) in [5.74, 6) is 1.41. The molecule has 0 saturated carbocycles. The molecule has 0 aliphatic heterocycles. The van der Waals surface area contributed by atoms with E-state index in [0.717, 1.165) is 32.5 Å². The van der Waals surface area contributed by atoms with E-state index in [4.69, 9.17) is 4.74 Å². The van der Waals surface area contributed by atoms with Crippen molar-refractivity contribution in [3.8, 4) is 5.75 Å². The number of H-pyrrole nitrogens is 1. The Kier molecular flexibility index (Phi) is 4.63. The highest BCUT2D eigenvalue weighted by molar-refractivity contribution is 7.99. The Morgan fingerprint density at radius 3 is 2.52 bits per heavy atom. The highest BCUT2D eigenvalue weighted by Crippen LogP contribution is 2.33. The largest absolute Gasteiger partial charge is 0.490 e. The summed E-state index contributed by atoms with van der Waals surface area (Å²) in [5, 5.41) is 12.5. The number of fused-ring (bicyclic) bond motifs is 3. The molecule has 0 aliphatic carbocycles. The van der Waals surface area contributed by atoms with E-state index in [-0.39, 0.29) is 6.61 Å². The summed E-state index contributed by atoms with van der Waals surface area (Å²) in [6.07, 6.45) is -0.523. The summed E-state index contributed by atoms with van der Waals surface area (Å²) in [4.78, 5) is 4.56. The summed E-state index contributed by atoms with van der Waals surface area (Å²) in [5.41, 5.74) is 2.14. The number of nitrogens with one attached hydrogen (secondary N) is 1. The lowest BCUT2D eigenvalue weighted by Crippen LogP contribution is -2.20. The maximum Gasteiger partial charge on any atom is 0.129 e. The minimum atomic E-state index is -0.523. The molecule has 0 saturated heterocycles. The van der Waals surface area contributed by atoms with Crippen molar-refractivity contribution in [2.75, 3.05) is 12.4 Å². The molecule has 4 heteroatoms. The number of aliphatic hydroxyl groups is 1. The van der Waals surface area contributed by atoms with E-state index < -0.39 is 6.10 Å². The van der Waals surface area contributed by atoms with Gasteiger partial charge in [0, 0.05) is 26.9 Å². The Balaban J connectivity index is 1.47. The van der Waals surface area contributed by atoms with Crippen molar-refractivity contribution in [1.82, 2.24) is 4.98 Å². The number of benzene rings is 3. The Labute approximate surface area is 150 Å². The van der Waals surface area contributed by atoms with Gasteiger partial charge in [0.15, 0.2) is 0 Å². The number of thioether (sulfide) groups is 1. The molecule has 126 valence electrons. The molecule has 0 aliphatic rings. The Morgan fingerprint density at radius 1 is 0.880 bits per heavy atom. The summed E-state index contributed by atoms with van der Waals surface area (Å²) in [6.45, 7) is 0.276. The van der Waals surface area contributed by atoms with Crippen molar-refractivity contribution in [3.63, 3.8) is 0 Å². The standard InChI is InChI=1S/C21H19NO2S/c23-15(14-25-16-7-2-1-3-8-16)13-24-20-12-6-11-19-21(20)17-9-4-5-10-18(17)22-19/h1-12,15,22-23H,13-14H2. The molecule has 0 spiro atoms. The number of aromatic nitrogens is 1. The van der Waals surface area contributed by atoms with E-state index in [1.165, 1.54) is 0 Å². The summed E-state index contributed by atoms with van der Waals surface area (Å²) < 4.78 is 5.95. The molecule has 0 bridgehead atoms. The van der Waals surface area contributed by atoms with Crippen LogP contribution >= 0.6 is 11.8 Å². The Hall–Kier alpha value is -2.43. The second kappa shape index (κ2) is 7.21. The van der Waals surface area contributed by atoms with Crippen molar-refractivity contribution >= 4 is 33.6 Å². The first-order valence-corrected chi connectivity index (χ1v) is 9.28. The van der Waals surface area contributed by atoms with Gasteiger partial charge in [0.25, 0.3) is 0 Å². The first-order valence-electron chi connectivity index (χ1n) is 8.29. The molecule has 0 radical (unpaired) electrons. The Bertz CT molecular complexity index is 981. The molecule has 1 heterocycles. The molecule has 4 rings (SSSR count). The number of aliphatic hydroxyl groups excluding tert-OH is 1. The van der Waals surface area contributed by atoms with Crippen LogP contribution < -0.4 is 4.74 Å². The average molecular weight is 349 g/mol. The van der Waals surface area contributed by atoms with Crippen LogP contribution in [0.15, 0.2) is 77.7 Å². The summed E-state index contributed by atoms with van der Waals surface area (Å²) in [7, 11) is 0. The molecule has 3 aromatic carbocycles. The lowest BCUT2D eigenvalue weighted by atomic mass is 10.1. The van der Waals surface area contributed by atoms with Crippen LogP contribution in [-0.4, -0.2) is 28.6 Å². The van der Waals surface area contributed by atoms with Crippen molar-refractivity contribution in [3.05, 3.63) is 72.8 Å². The first kappa shape index (κ1) is 16.1. The minimum Gasteiger partial charge on any atom is -0.490 e. The molecule has 2 N–H and O–H groups in total. The third-order valence-electron chi connectivity index (χ3n) is 4.11. The van der Waals surface area contributed by atoms with Crippen LogP contribution in [0.4, 0.5) is 0 Å². The van der Waals surface area contributed by atoms with Gasteiger partial charge in [-0.3, -0.25) is 0 Å². The average Bonchev–Trinajstić information content (AvgIpc) is 3.04. The number of para-hydroxylation sites is 1. The number of hydrogen-bond acceptors (Lipinski definition) is 3. The van der Waals surface area contributed by atoms with Gasteiger partial charge in [-0.1, -0.05) is 42.5 Å². The van der Waals surface area contributed by atoms with Crippen LogP contribution in [0.2, 0.25) is 0 Å². The monoisotopic (exact) mass is 349 g/mol. The molecule has 1 aromatic heterocycles. The van der Waals surface area contributed by atoms with Crippen molar-refractivity contribution in [1.29, 1.82) is 0 Å². The van der Waals surface area contributed by atoms with E-state index >= 15 is 0 Å². The van der Waals surface area contributed by atoms with E-state index in [0.29, 0.717) is 5.75 Å². The third-order valence-corrected chi connectivity index (χ3v) is 5.27. The number of aromatic amines is 1. The molecule has 0 amide bonds. The maximum atomic E-state index is 10.3. The van der Waals surface area contributed by atoms with Crippen LogP contribution in [0.5, 0.6) is 5.75 Å². The van der Waals surface area contributed by atoms with Crippen LogP contribution in [0.3, 0.4) is 0 Å². The maximum absolute atomic E-state index is 10.3. The van der Waals surface area contributed by atoms with Crippen LogP contribution in [0.1, 0.15) is 0 Å². The smallest absolute Gasteiger partial charge is 0.129 e. The van der Waals surface area contributed by atoms with Crippen molar-refractivity contribution < 1.29 is 9.84 Å². The number of hydrogen-bond donors (Lipinski definition) is 2. The second-order valence-electron chi connectivity index (χ2n) is 5.94. The molecule has 0 fully saturated rings. The van der Waals surface area contributed by atoms with Gasteiger partial charge in [-0.15, -0.1) is 11.8 Å². The topological polar surface area (TPSA) is 45.2 Å². The molecular formula is C21H19NO2S. The highest BCUT2D eigenvalue weighted by atomic mass is 32.2. The van der Waals surface area contributed by atoms with Gasteiger partial charge in [-0.2, -0.15) is 0 Å². The predicted molar refractivity (Wildman–Crippen MR) is 104 cm³/mol. The van der Waals surface area contributed by atoms with E-state index in [1.54, 1.807) is 11.8 Å². The molecule has 3 nitrogen and oxygen atoms in total. The minimum absolute atomic E-state index is 0.276. The van der Waals surface area contributed by atoms with E-state index in [1.807, 2.05) is 60.7 Å². The number of rotatable bonds is 6. The lowest BCUT2D eigenvalue weighted by molar-refractivity contribution is 0.127. The zero-order valence-corrected chi connectivity index (χ0v) is 14.5. The van der Waals surface area contributed by atoms with Gasteiger partial charge < -0.3 is 14.8 Å². The van der Waals surface area contributed by atoms with Crippen LogP contribution in [0.25, 0.3) is 21.8 Å². The zero-order valence-electron chi connectivity index (χ0n) is 13.7. The summed E-state index contributed by atoms with van der Waals surface area (Å²) >= 11 is 1.64. The third kappa shape index (κ3) is 3.50. The van der Waals surface area contributed by atoms with E-state index in [2.05, 4.69) is 17.1 Å². The normalized spacial score (nSPS) is 12.5. The van der Waals surface area contributed by atoms with Crippen LogP contribution in [-0.2, 0) is 0 Å².